The van der Waals surface area contributed by atoms with Gasteiger partial charge in [-0.3, -0.25) is 9.59 Å². The number of hydrogen-bond acceptors (Lipinski definition) is 4. The normalized spacial score (nSPS) is 11.9. The van der Waals surface area contributed by atoms with E-state index >= 15 is 0 Å². The standard InChI is InChI=1S/C16H30N2O4/c1-15(2,3)22-11-9-16(4,5)17-13(20)12-18(6)14(21)8-7-10-19/h10H,7-9,11-12H2,1-6H3,(H,17,20). The Kier molecular flexibility index (Phi) is 8.30. The number of rotatable bonds is 9. The van der Waals surface area contributed by atoms with E-state index in [2.05, 4.69) is 5.32 Å². The SMILES string of the molecule is CN(CC(=O)NC(C)(C)CCOC(C)(C)C)C(=O)CCC=O. The van der Waals surface area contributed by atoms with Crippen molar-refractivity contribution in [3.8, 4) is 0 Å². The summed E-state index contributed by atoms with van der Waals surface area (Å²) in [6.07, 6.45) is 1.69. The lowest BCUT2D eigenvalue weighted by molar-refractivity contribution is -0.135. The first-order valence-corrected chi connectivity index (χ1v) is 7.59. The van der Waals surface area contributed by atoms with E-state index in [1.54, 1.807) is 7.05 Å². The largest absolute Gasteiger partial charge is 0.376 e. The summed E-state index contributed by atoms with van der Waals surface area (Å²) in [5.74, 6) is -0.432. The topological polar surface area (TPSA) is 75.7 Å². The molecule has 0 radical (unpaired) electrons. The number of amides is 2. The molecule has 128 valence electrons. The Hall–Kier alpha value is -1.43. The summed E-state index contributed by atoms with van der Waals surface area (Å²) in [5, 5.41) is 2.90. The molecule has 0 saturated carbocycles. The van der Waals surface area contributed by atoms with Crippen LogP contribution in [0.3, 0.4) is 0 Å². The van der Waals surface area contributed by atoms with Gasteiger partial charge in [0.2, 0.25) is 11.8 Å². The fourth-order valence-corrected chi connectivity index (χ4v) is 1.77. The van der Waals surface area contributed by atoms with E-state index in [4.69, 9.17) is 4.74 Å². The van der Waals surface area contributed by atoms with Crippen LogP contribution in [0.15, 0.2) is 0 Å². The molecule has 0 aromatic heterocycles. The van der Waals surface area contributed by atoms with Crippen molar-refractivity contribution in [2.75, 3.05) is 20.2 Å². The molecule has 0 aliphatic carbocycles. The van der Waals surface area contributed by atoms with Crippen molar-refractivity contribution in [2.45, 2.75) is 65.0 Å². The van der Waals surface area contributed by atoms with Gasteiger partial charge in [0.05, 0.1) is 12.1 Å². The molecule has 0 bridgehead atoms. The lowest BCUT2D eigenvalue weighted by Crippen LogP contribution is -2.48. The zero-order valence-corrected chi connectivity index (χ0v) is 14.7. The third-order valence-electron chi connectivity index (χ3n) is 3.02. The van der Waals surface area contributed by atoms with E-state index in [1.165, 1.54) is 4.90 Å². The second-order valence-corrected chi connectivity index (χ2v) is 7.10. The average Bonchev–Trinajstić information content (AvgIpc) is 2.32. The summed E-state index contributed by atoms with van der Waals surface area (Å²) < 4.78 is 5.66. The van der Waals surface area contributed by atoms with Crippen LogP contribution in [0.25, 0.3) is 0 Å². The summed E-state index contributed by atoms with van der Waals surface area (Å²) in [6, 6.07) is 0. The molecule has 0 heterocycles. The van der Waals surface area contributed by atoms with Gasteiger partial charge in [-0.2, -0.15) is 0 Å². The van der Waals surface area contributed by atoms with Crippen molar-refractivity contribution >= 4 is 18.1 Å². The Bertz CT molecular complexity index is 386. The number of nitrogens with one attached hydrogen (secondary N) is 1. The van der Waals surface area contributed by atoms with Crippen molar-refractivity contribution in [1.82, 2.24) is 10.2 Å². The number of ether oxygens (including phenoxy) is 1. The van der Waals surface area contributed by atoms with Gasteiger partial charge in [0.15, 0.2) is 0 Å². The molecule has 0 fully saturated rings. The second-order valence-electron chi connectivity index (χ2n) is 7.10. The van der Waals surface area contributed by atoms with Crippen molar-refractivity contribution in [2.24, 2.45) is 0 Å². The summed E-state index contributed by atoms with van der Waals surface area (Å²) >= 11 is 0. The van der Waals surface area contributed by atoms with Gasteiger partial charge in [-0.15, -0.1) is 0 Å². The highest BCUT2D eigenvalue weighted by atomic mass is 16.5. The molecule has 0 spiro atoms. The van der Waals surface area contributed by atoms with Gasteiger partial charge < -0.3 is 19.7 Å². The van der Waals surface area contributed by atoms with Crippen LogP contribution in [0.1, 0.15) is 53.9 Å². The second kappa shape index (κ2) is 8.88. The first kappa shape index (κ1) is 20.6. The molecule has 0 unspecified atom stereocenters. The van der Waals surface area contributed by atoms with Crippen molar-refractivity contribution < 1.29 is 19.1 Å². The highest BCUT2D eigenvalue weighted by molar-refractivity contribution is 5.85. The minimum atomic E-state index is -0.408. The van der Waals surface area contributed by atoms with Gasteiger partial charge in [-0.25, -0.2) is 0 Å². The van der Waals surface area contributed by atoms with E-state index in [0.29, 0.717) is 19.3 Å². The molecule has 22 heavy (non-hydrogen) atoms. The quantitative estimate of drug-likeness (QED) is 0.655. The van der Waals surface area contributed by atoms with Crippen LogP contribution >= 0.6 is 0 Å². The van der Waals surface area contributed by atoms with E-state index in [0.717, 1.165) is 0 Å². The van der Waals surface area contributed by atoms with E-state index in [9.17, 15) is 14.4 Å². The lowest BCUT2D eigenvalue weighted by Gasteiger charge is -2.29. The van der Waals surface area contributed by atoms with Crippen LogP contribution < -0.4 is 5.32 Å². The summed E-state index contributed by atoms with van der Waals surface area (Å²) in [7, 11) is 1.56. The Balaban J connectivity index is 4.22. The Labute approximate surface area is 133 Å². The molecule has 0 aliphatic rings. The van der Waals surface area contributed by atoms with Gasteiger partial charge in [-0.1, -0.05) is 0 Å². The maximum Gasteiger partial charge on any atom is 0.240 e. The van der Waals surface area contributed by atoms with Crippen LogP contribution in [0.4, 0.5) is 0 Å². The number of nitrogens with zero attached hydrogens (tertiary/aromatic N) is 1. The Morgan fingerprint density at radius 3 is 2.27 bits per heavy atom. The highest BCUT2D eigenvalue weighted by Crippen LogP contribution is 2.13. The molecule has 6 heteroatoms. The van der Waals surface area contributed by atoms with Crippen LogP contribution in [-0.2, 0) is 19.1 Å². The summed E-state index contributed by atoms with van der Waals surface area (Å²) in [5.41, 5.74) is -0.611. The number of carbonyl (C=O) groups excluding carboxylic acids is 3. The Morgan fingerprint density at radius 2 is 1.77 bits per heavy atom. The third-order valence-corrected chi connectivity index (χ3v) is 3.02. The van der Waals surface area contributed by atoms with E-state index in [-0.39, 0.29) is 36.8 Å². The van der Waals surface area contributed by atoms with Crippen LogP contribution in [0.5, 0.6) is 0 Å². The molecule has 0 aliphatic heterocycles. The van der Waals surface area contributed by atoms with E-state index < -0.39 is 5.54 Å². The fourth-order valence-electron chi connectivity index (χ4n) is 1.77. The number of carbonyl (C=O) groups is 3. The van der Waals surface area contributed by atoms with Crippen molar-refractivity contribution in [1.29, 1.82) is 0 Å². The van der Waals surface area contributed by atoms with Crippen LogP contribution in [0, 0.1) is 0 Å². The van der Waals surface area contributed by atoms with Gasteiger partial charge in [0, 0.05) is 32.0 Å². The molecule has 6 nitrogen and oxygen atoms in total. The predicted octanol–water partition coefficient (Wildman–Crippen LogP) is 1.52. The number of hydrogen-bond donors (Lipinski definition) is 1. The molecule has 1 N–H and O–H groups in total. The highest BCUT2D eigenvalue weighted by Gasteiger charge is 2.23. The number of aldehydes is 1. The van der Waals surface area contributed by atoms with Crippen molar-refractivity contribution in [3.05, 3.63) is 0 Å². The van der Waals surface area contributed by atoms with Gasteiger partial charge in [0.1, 0.15) is 6.29 Å². The molecular formula is C16H30N2O4. The maximum absolute atomic E-state index is 12.0. The Morgan fingerprint density at radius 1 is 1.18 bits per heavy atom. The third kappa shape index (κ3) is 10.3. The first-order chi connectivity index (χ1) is 9.97. The zero-order valence-electron chi connectivity index (χ0n) is 14.7. The minimum absolute atomic E-state index is 0.0127. The predicted molar refractivity (Wildman–Crippen MR) is 85.5 cm³/mol. The average molecular weight is 314 g/mol. The lowest BCUT2D eigenvalue weighted by atomic mass is 10.0. The van der Waals surface area contributed by atoms with Crippen LogP contribution in [0.2, 0.25) is 0 Å². The van der Waals surface area contributed by atoms with E-state index in [1.807, 2.05) is 34.6 Å². The molecule has 0 atom stereocenters. The maximum atomic E-state index is 12.0. The molecule has 2 amide bonds. The smallest absolute Gasteiger partial charge is 0.240 e. The fraction of sp³-hybridized carbons (Fsp3) is 0.812. The summed E-state index contributed by atoms with van der Waals surface area (Å²) in [4.78, 5) is 35.2. The molecule has 0 rings (SSSR count). The first-order valence-electron chi connectivity index (χ1n) is 7.59. The zero-order chi connectivity index (χ0) is 17.4. The minimum Gasteiger partial charge on any atom is -0.376 e. The summed E-state index contributed by atoms with van der Waals surface area (Å²) in [6.45, 7) is 10.3. The van der Waals surface area contributed by atoms with Gasteiger partial charge in [0.25, 0.3) is 0 Å². The molecule has 0 aromatic rings. The van der Waals surface area contributed by atoms with Gasteiger partial charge in [-0.05, 0) is 41.0 Å². The monoisotopic (exact) mass is 314 g/mol. The number of likely N-dealkylation sites (N-methyl/N-ethyl adjacent to an activating group) is 1. The molecule has 0 aromatic carbocycles. The molecule has 0 saturated heterocycles. The van der Waals surface area contributed by atoms with Crippen LogP contribution in [-0.4, -0.2) is 54.3 Å². The van der Waals surface area contributed by atoms with Gasteiger partial charge >= 0.3 is 0 Å². The van der Waals surface area contributed by atoms with Crippen molar-refractivity contribution in [3.63, 3.8) is 0 Å². The molecular weight excluding hydrogens is 284 g/mol.